The molecule has 2 aliphatic heterocycles. The molecule has 0 spiro atoms. The second-order valence-electron chi connectivity index (χ2n) is 8.00. The van der Waals surface area contributed by atoms with Gasteiger partial charge in [0.15, 0.2) is 0 Å². The van der Waals surface area contributed by atoms with Crippen molar-refractivity contribution < 1.29 is 4.79 Å². The van der Waals surface area contributed by atoms with Crippen LogP contribution in [0.3, 0.4) is 0 Å². The summed E-state index contributed by atoms with van der Waals surface area (Å²) < 4.78 is 0. The quantitative estimate of drug-likeness (QED) is 0.832. The summed E-state index contributed by atoms with van der Waals surface area (Å²) in [6.45, 7) is 3.57. The van der Waals surface area contributed by atoms with Gasteiger partial charge in [0, 0.05) is 42.9 Å². The largest absolute Gasteiger partial charge is 0.325 e. The average molecular weight is 374 g/mol. The van der Waals surface area contributed by atoms with E-state index in [1.54, 1.807) is 0 Å². The number of benzene rings is 1. The van der Waals surface area contributed by atoms with Crippen molar-refractivity contribution in [3.05, 3.63) is 29.8 Å². The van der Waals surface area contributed by atoms with Gasteiger partial charge in [0.05, 0.1) is 6.04 Å². The highest BCUT2D eigenvalue weighted by atomic mass is 32.2. The number of carbonyl (C=O) groups is 1. The molecule has 1 aliphatic carbocycles. The van der Waals surface area contributed by atoms with Gasteiger partial charge in [-0.2, -0.15) is 11.8 Å². The third-order valence-electron chi connectivity index (χ3n) is 6.22. The Morgan fingerprint density at radius 2 is 1.92 bits per heavy atom. The van der Waals surface area contributed by atoms with Gasteiger partial charge >= 0.3 is 0 Å². The third-order valence-corrected chi connectivity index (χ3v) is 7.16. The smallest absolute Gasteiger partial charge is 0.241 e. The summed E-state index contributed by atoms with van der Waals surface area (Å²) in [5.74, 6) is 3.37. The van der Waals surface area contributed by atoms with Crippen LogP contribution in [0.1, 0.15) is 37.7 Å². The molecule has 0 radical (unpaired) electrons. The maximum absolute atomic E-state index is 12.6. The average Bonchev–Trinajstić information content (AvgIpc) is 3.13. The van der Waals surface area contributed by atoms with Gasteiger partial charge in [0.1, 0.15) is 0 Å². The van der Waals surface area contributed by atoms with Crippen LogP contribution < -0.4 is 10.6 Å². The lowest BCUT2D eigenvalue weighted by atomic mass is 9.85. The van der Waals surface area contributed by atoms with Crippen molar-refractivity contribution in [2.45, 2.75) is 50.6 Å². The van der Waals surface area contributed by atoms with E-state index in [1.165, 1.54) is 55.8 Å². The summed E-state index contributed by atoms with van der Waals surface area (Å²) >= 11 is 2.06. The fourth-order valence-electron chi connectivity index (χ4n) is 4.62. The number of nitrogens with zero attached hydrogens (tertiary/aromatic N) is 1. The van der Waals surface area contributed by atoms with E-state index in [9.17, 15) is 4.79 Å². The summed E-state index contributed by atoms with van der Waals surface area (Å²) in [4.78, 5) is 15.1. The fourth-order valence-corrected chi connectivity index (χ4v) is 5.60. The van der Waals surface area contributed by atoms with E-state index in [0.717, 1.165) is 25.1 Å². The summed E-state index contributed by atoms with van der Waals surface area (Å²) in [5, 5.41) is 6.67. The lowest BCUT2D eigenvalue weighted by Crippen LogP contribution is -2.39. The highest BCUT2D eigenvalue weighted by molar-refractivity contribution is 7.99. The Bertz CT molecular complexity index is 586. The molecule has 3 fully saturated rings. The molecule has 3 aliphatic rings. The Morgan fingerprint density at radius 1 is 1.15 bits per heavy atom. The molecule has 3 atom stereocenters. The van der Waals surface area contributed by atoms with Gasteiger partial charge in [0.25, 0.3) is 0 Å². The maximum Gasteiger partial charge on any atom is 0.241 e. The van der Waals surface area contributed by atoms with Crippen molar-refractivity contribution in [3.63, 3.8) is 0 Å². The minimum atomic E-state index is -0.0141. The minimum Gasteiger partial charge on any atom is -0.325 e. The number of anilines is 1. The van der Waals surface area contributed by atoms with Crippen molar-refractivity contribution in [2.75, 3.05) is 36.5 Å². The lowest BCUT2D eigenvalue weighted by Gasteiger charge is -2.26. The van der Waals surface area contributed by atoms with Gasteiger partial charge in [0.2, 0.25) is 5.91 Å². The number of amides is 1. The molecule has 1 aromatic rings. The molecule has 26 heavy (non-hydrogen) atoms. The second kappa shape index (κ2) is 8.77. The zero-order valence-electron chi connectivity index (χ0n) is 15.6. The molecule has 5 heteroatoms. The Kier molecular flexibility index (Phi) is 6.18. The Labute approximate surface area is 161 Å². The molecule has 0 aromatic heterocycles. The van der Waals surface area contributed by atoms with Gasteiger partial charge in [-0.15, -0.1) is 0 Å². The van der Waals surface area contributed by atoms with Gasteiger partial charge < -0.3 is 15.5 Å². The van der Waals surface area contributed by atoms with Crippen LogP contribution in [0.15, 0.2) is 24.3 Å². The first-order valence-corrected chi connectivity index (χ1v) is 11.4. The normalized spacial score (nSPS) is 29.3. The van der Waals surface area contributed by atoms with E-state index in [1.807, 2.05) is 0 Å². The van der Waals surface area contributed by atoms with E-state index in [0.29, 0.717) is 12.0 Å². The number of fused-ring (bicyclic) bond motifs is 1. The third kappa shape index (κ3) is 4.62. The second-order valence-corrected chi connectivity index (χ2v) is 9.22. The molecule has 4 nitrogen and oxygen atoms in total. The topological polar surface area (TPSA) is 44.4 Å². The summed E-state index contributed by atoms with van der Waals surface area (Å²) in [6.07, 6.45) is 7.25. The van der Waals surface area contributed by atoms with Crippen LogP contribution in [0.4, 0.5) is 5.69 Å². The SMILES string of the molecule is O=C(Nc1ccc(CCN2CCSCC2)cc1)C1CC2CCCCC2N1. The summed E-state index contributed by atoms with van der Waals surface area (Å²) in [7, 11) is 0. The van der Waals surface area contributed by atoms with E-state index in [2.05, 4.69) is 51.6 Å². The number of carbonyl (C=O) groups excluding carboxylic acids is 1. The minimum absolute atomic E-state index is 0.0141. The highest BCUT2D eigenvalue weighted by Gasteiger charge is 2.38. The fraction of sp³-hybridized carbons (Fsp3) is 0.667. The molecule has 1 saturated carbocycles. The molecule has 142 valence electrons. The first kappa shape index (κ1) is 18.3. The van der Waals surface area contributed by atoms with Crippen LogP contribution in [0.25, 0.3) is 0 Å². The molecule has 3 unspecified atom stereocenters. The Morgan fingerprint density at radius 3 is 2.69 bits per heavy atom. The molecule has 2 saturated heterocycles. The number of rotatable bonds is 5. The highest BCUT2D eigenvalue weighted by Crippen LogP contribution is 2.33. The van der Waals surface area contributed by atoms with Crippen molar-refractivity contribution in [2.24, 2.45) is 5.92 Å². The molecular weight excluding hydrogens is 342 g/mol. The summed E-state index contributed by atoms with van der Waals surface area (Å²) in [6, 6.07) is 8.99. The van der Waals surface area contributed by atoms with Gasteiger partial charge in [-0.1, -0.05) is 25.0 Å². The van der Waals surface area contributed by atoms with Gasteiger partial charge in [-0.05, 0) is 49.3 Å². The number of nitrogens with one attached hydrogen (secondary N) is 2. The first-order valence-electron chi connectivity index (χ1n) is 10.2. The number of hydrogen-bond donors (Lipinski definition) is 2. The molecule has 1 amide bonds. The Hall–Kier alpha value is -1.04. The van der Waals surface area contributed by atoms with Gasteiger partial charge in [-0.3, -0.25) is 4.79 Å². The molecule has 0 bridgehead atoms. The number of thioether (sulfide) groups is 1. The van der Waals surface area contributed by atoms with E-state index < -0.39 is 0 Å². The van der Waals surface area contributed by atoms with Crippen molar-refractivity contribution in [3.8, 4) is 0 Å². The maximum atomic E-state index is 12.6. The predicted molar refractivity (Wildman–Crippen MR) is 110 cm³/mol. The van der Waals surface area contributed by atoms with Crippen LogP contribution in [0.2, 0.25) is 0 Å². The molecular formula is C21H31N3OS. The van der Waals surface area contributed by atoms with E-state index >= 15 is 0 Å². The van der Waals surface area contributed by atoms with Gasteiger partial charge in [-0.25, -0.2) is 0 Å². The molecule has 1 aromatic carbocycles. The molecule has 2 heterocycles. The molecule has 2 N–H and O–H groups in total. The van der Waals surface area contributed by atoms with E-state index in [-0.39, 0.29) is 11.9 Å². The van der Waals surface area contributed by atoms with Crippen LogP contribution >= 0.6 is 11.8 Å². The zero-order chi connectivity index (χ0) is 17.8. The van der Waals surface area contributed by atoms with Crippen LogP contribution in [0.5, 0.6) is 0 Å². The standard InChI is InChI=1S/C21H31N3OS/c25-21(20-15-17-3-1-2-4-19(17)23-20)22-18-7-5-16(6-8-18)9-10-24-11-13-26-14-12-24/h5-8,17,19-20,23H,1-4,9-15H2,(H,22,25). The van der Waals surface area contributed by atoms with Crippen LogP contribution in [0, 0.1) is 5.92 Å². The summed E-state index contributed by atoms with van der Waals surface area (Å²) in [5.41, 5.74) is 2.27. The monoisotopic (exact) mass is 373 g/mol. The van der Waals surface area contributed by atoms with Crippen molar-refractivity contribution in [1.29, 1.82) is 0 Å². The van der Waals surface area contributed by atoms with E-state index in [4.69, 9.17) is 0 Å². The lowest BCUT2D eigenvalue weighted by molar-refractivity contribution is -0.117. The van der Waals surface area contributed by atoms with Crippen molar-refractivity contribution in [1.82, 2.24) is 10.2 Å². The molecule has 4 rings (SSSR count). The Balaban J connectivity index is 1.25. The first-order chi connectivity index (χ1) is 12.8. The zero-order valence-corrected chi connectivity index (χ0v) is 16.4. The predicted octanol–water partition coefficient (Wildman–Crippen LogP) is 3.14. The van der Waals surface area contributed by atoms with Crippen LogP contribution in [-0.2, 0) is 11.2 Å². The van der Waals surface area contributed by atoms with Crippen LogP contribution in [-0.4, -0.2) is 54.0 Å². The van der Waals surface area contributed by atoms with Crippen molar-refractivity contribution >= 4 is 23.4 Å². The number of hydrogen-bond acceptors (Lipinski definition) is 4.